The van der Waals surface area contributed by atoms with E-state index in [-0.39, 0.29) is 5.41 Å². The quantitative estimate of drug-likeness (QED) is 0.175. The molecule has 0 saturated carbocycles. The fourth-order valence-corrected chi connectivity index (χ4v) is 12.1. The number of hydrogen-bond donors (Lipinski definition) is 1. The molecule has 5 heterocycles. The number of para-hydroxylation sites is 2. The fourth-order valence-electron chi connectivity index (χ4n) is 10.8. The van der Waals surface area contributed by atoms with Gasteiger partial charge in [0, 0.05) is 81.4 Å². The summed E-state index contributed by atoms with van der Waals surface area (Å²) in [4.78, 5) is 1.29. The third-order valence-corrected chi connectivity index (χ3v) is 15.2. The highest BCUT2D eigenvalue weighted by Crippen LogP contribution is 2.47. The van der Waals surface area contributed by atoms with Crippen molar-refractivity contribution in [3.05, 3.63) is 188 Å². The van der Waals surface area contributed by atoms with Crippen molar-refractivity contribution in [1.82, 2.24) is 4.57 Å². The van der Waals surface area contributed by atoms with E-state index in [0.29, 0.717) is 0 Å². The summed E-state index contributed by atoms with van der Waals surface area (Å²) in [6, 6.07) is 66.4. The van der Waals surface area contributed by atoms with Crippen LogP contribution in [0.25, 0.3) is 114 Å². The number of fused-ring (bicyclic) bond motifs is 12. The van der Waals surface area contributed by atoms with E-state index < -0.39 is 0 Å². The molecule has 1 aliphatic heterocycles. The van der Waals surface area contributed by atoms with Crippen LogP contribution in [0.4, 0.5) is 11.4 Å². The first-order chi connectivity index (χ1) is 32.3. The lowest BCUT2D eigenvalue weighted by Crippen LogP contribution is -2.37. The van der Waals surface area contributed by atoms with Gasteiger partial charge in [0.1, 0.15) is 22.3 Å². The van der Waals surface area contributed by atoms with E-state index in [0.717, 1.165) is 68.1 Å². The van der Waals surface area contributed by atoms with Crippen LogP contribution in [-0.2, 0) is 5.41 Å². The first kappa shape index (κ1) is 37.6. The topological polar surface area (TPSA) is 43.2 Å². The van der Waals surface area contributed by atoms with Gasteiger partial charge < -0.3 is 18.7 Å². The number of thiophene rings is 1. The van der Waals surface area contributed by atoms with E-state index in [1.165, 1.54) is 81.2 Å². The molecular weight excluding hydrogens is 824 g/mol. The number of hydrogen-bond acceptors (Lipinski definition) is 4. The van der Waals surface area contributed by atoms with E-state index in [4.69, 9.17) is 8.83 Å². The highest BCUT2D eigenvalue weighted by atomic mass is 32.1. The minimum atomic E-state index is 0.0558. The molecule has 4 nitrogen and oxygen atoms in total. The molecule has 1 N–H and O–H groups in total. The van der Waals surface area contributed by atoms with Gasteiger partial charge in [-0.1, -0.05) is 148 Å². The Morgan fingerprint density at radius 3 is 1.88 bits per heavy atom. The largest absolute Gasteiger partial charge is 0.456 e. The molecule has 0 radical (unpaired) electrons. The number of furan rings is 2. The first-order valence-electron chi connectivity index (χ1n) is 22.8. The first-order valence-corrected chi connectivity index (χ1v) is 23.6. The zero-order valence-electron chi connectivity index (χ0n) is 36.7. The summed E-state index contributed by atoms with van der Waals surface area (Å²) in [5.41, 5.74) is 19.3. The van der Waals surface area contributed by atoms with Gasteiger partial charge in [-0.3, -0.25) is 0 Å². The van der Waals surface area contributed by atoms with Gasteiger partial charge in [-0.15, -0.1) is 11.3 Å². The third-order valence-electron chi connectivity index (χ3n) is 14.0. The molecule has 0 bridgehead atoms. The van der Waals surface area contributed by atoms with Crippen LogP contribution in [0, 0.1) is 0 Å². The van der Waals surface area contributed by atoms with Gasteiger partial charge in [-0.25, -0.2) is 0 Å². The summed E-state index contributed by atoms with van der Waals surface area (Å²) >= 11 is 1.90. The number of nitrogens with one attached hydrogen (secondary N) is 1. The van der Waals surface area contributed by atoms with Crippen LogP contribution < -0.4 is 16.2 Å². The maximum absolute atomic E-state index is 6.57. The Labute approximate surface area is 385 Å². The molecule has 66 heavy (non-hydrogen) atoms. The smallest absolute Gasteiger partial charge is 0.198 e. The molecule has 0 fully saturated rings. The molecule has 4 aromatic heterocycles. The molecule has 0 amide bonds. The molecule has 312 valence electrons. The van der Waals surface area contributed by atoms with Crippen LogP contribution in [0.1, 0.15) is 26.3 Å². The molecule has 0 unspecified atom stereocenters. The van der Waals surface area contributed by atoms with Crippen LogP contribution in [0.3, 0.4) is 0 Å². The number of benzene rings is 9. The second kappa shape index (κ2) is 13.9. The lowest BCUT2D eigenvalue weighted by atomic mass is 9.59. The van der Waals surface area contributed by atoms with Gasteiger partial charge in [0.25, 0.3) is 0 Å². The third kappa shape index (κ3) is 5.58. The summed E-state index contributed by atoms with van der Waals surface area (Å²) < 4.78 is 17.0. The summed E-state index contributed by atoms with van der Waals surface area (Å²) in [6.07, 6.45) is 0. The monoisotopic (exact) mass is 864 g/mol. The fraction of sp³-hybridized carbons (Fsp3) is 0.0667. The van der Waals surface area contributed by atoms with Crippen molar-refractivity contribution in [1.29, 1.82) is 0 Å². The Morgan fingerprint density at radius 2 is 1.17 bits per heavy atom. The summed E-state index contributed by atoms with van der Waals surface area (Å²) in [5, 5.41) is 12.0. The Balaban J connectivity index is 1.07. The Kier molecular flexibility index (Phi) is 7.89. The van der Waals surface area contributed by atoms with Crippen molar-refractivity contribution >= 4 is 117 Å². The summed E-state index contributed by atoms with van der Waals surface area (Å²) in [5.74, 6) is 0. The number of rotatable bonds is 5. The molecule has 13 aromatic rings. The van der Waals surface area contributed by atoms with E-state index in [1.54, 1.807) is 0 Å². The van der Waals surface area contributed by atoms with Gasteiger partial charge >= 0.3 is 0 Å². The zero-order valence-corrected chi connectivity index (χ0v) is 37.5. The second-order valence-electron chi connectivity index (χ2n) is 18.9. The predicted molar refractivity (Wildman–Crippen MR) is 282 cm³/mol. The zero-order chi connectivity index (χ0) is 43.8. The molecule has 0 spiro atoms. The van der Waals surface area contributed by atoms with Gasteiger partial charge in [0.2, 0.25) is 0 Å². The summed E-state index contributed by atoms with van der Waals surface area (Å²) in [7, 11) is 0.774. The molecule has 1 aliphatic rings. The Bertz CT molecular complexity index is 4130. The molecule has 9 aromatic carbocycles. The van der Waals surface area contributed by atoms with Gasteiger partial charge in [-0.05, 0) is 87.7 Å². The van der Waals surface area contributed by atoms with Crippen LogP contribution >= 0.6 is 11.3 Å². The van der Waals surface area contributed by atoms with Crippen molar-refractivity contribution in [2.45, 2.75) is 26.2 Å². The van der Waals surface area contributed by atoms with Gasteiger partial charge in [0.15, 0.2) is 7.28 Å². The standard InChI is InChI=1S/C60H41BN2O2S/c1-60(2,3)36-22-24-37(25-23-36)62-48-33-54-44(38-18-10-12-20-51(38)65-54)28-42(48)40-26-27-41-43-31-53-45(39-19-11-13-21-52(39)64-53)29-49(43)63-50-30-46-55(32-47(50)61-57(40)58(41)63)66-59(35-16-8-5-9-17-35)56(46)34-14-6-4-7-15-34/h4-33,61-62H,1-3H3. The molecule has 0 saturated heterocycles. The summed E-state index contributed by atoms with van der Waals surface area (Å²) in [6.45, 7) is 6.78. The van der Waals surface area contributed by atoms with E-state index >= 15 is 0 Å². The lowest BCUT2D eigenvalue weighted by molar-refractivity contribution is 0.590. The maximum Gasteiger partial charge on any atom is 0.198 e. The van der Waals surface area contributed by atoms with E-state index in [2.05, 4.69) is 207 Å². The highest BCUT2D eigenvalue weighted by Gasteiger charge is 2.30. The van der Waals surface area contributed by atoms with Crippen molar-refractivity contribution in [3.8, 4) is 38.4 Å². The average molecular weight is 865 g/mol. The van der Waals surface area contributed by atoms with Crippen molar-refractivity contribution < 1.29 is 8.83 Å². The SMILES string of the molecule is CC(C)(C)c1ccc(Nc2cc3oc4ccccc4c3cc2-c2ccc3c4cc5oc6ccccc6c5cc4n4c3c2Bc2cc3sc(-c5ccccc5)c(-c5ccccc5)c3cc2-4)cc1. The maximum atomic E-state index is 6.57. The number of aromatic nitrogens is 1. The molecule has 0 aliphatic carbocycles. The Morgan fingerprint density at radius 1 is 0.515 bits per heavy atom. The van der Waals surface area contributed by atoms with Crippen molar-refractivity contribution in [2.75, 3.05) is 5.32 Å². The van der Waals surface area contributed by atoms with Gasteiger partial charge in [-0.2, -0.15) is 0 Å². The van der Waals surface area contributed by atoms with E-state index in [9.17, 15) is 0 Å². The van der Waals surface area contributed by atoms with Crippen LogP contribution in [0.15, 0.2) is 191 Å². The van der Waals surface area contributed by atoms with E-state index in [1.807, 2.05) is 17.4 Å². The molecular formula is C60H41BN2O2S. The van der Waals surface area contributed by atoms with Crippen LogP contribution in [0.2, 0.25) is 0 Å². The molecule has 0 atom stereocenters. The van der Waals surface area contributed by atoms with Gasteiger partial charge in [0.05, 0.1) is 11.2 Å². The minimum Gasteiger partial charge on any atom is -0.456 e. The number of nitrogens with zero attached hydrogens (tertiary/aromatic N) is 1. The van der Waals surface area contributed by atoms with Crippen LogP contribution in [0.5, 0.6) is 0 Å². The van der Waals surface area contributed by atoms with Crippen molar-refractivity contribution in [2.24, 2.45) is 0 Å². The number of anilines is 2. The Hall–Kier alpha value is -7.80. The van der Waals surface area contributed by atoms with Crippen molar-refractivity contribution in [3.63, 3.8) is 0 Å². The minimum absolute atomic E-state index is 0.0558. The lowest BCUT2D eigenvalue weighted by Gasteiger charge is -2.24. The molecule has 14 rings (SSSR count). The molecule has 6 heteroatoms. The predicted octanol–water partition coefficient (Wildman–Crippen LogP) is 15.5. The normalized spacial score (nSPS) is 12.6. The second-order valence-corrected chi connectivity index (χ2v) is 20.0. The average Bonchev–Trinajstić information content (AvgIpc) is 4.10. The van der Waals surface area contributed by atoms with Crippen LogP contribution in [-0.4, -0.2) is 11.8 Å². The highest BCUT2D eigenvalue weighted by molar-refractivity contribution is 7.23.